The number of hydrogen-bond acceptors (Lipinski definition) is 5. The monoisotopic (exact) mass is 263 g/mol. The van der Waals surface area contributed by atoms with Crippen molar-refractivity contribution in [2.24, 2.45) is 5.92 Å². The fourth-order valence-electron chi connectivity index (χ4n) is 2.52. The van der Waals surface area contributed by atoms with Crippen molar-refractivity contribution in [2.45, 2.75) is 44.8 Å². The minimum absolute atomic E-state index is 0.337. The van der Waals surface area contributed by atoms with Gasteiger partial charge in [-0.3, -0.25) is 0 Å². The van der Waals surface area contributed by atoms with Crippen LogP contribution >= 0.6 is 0 Å². The molecule has 5 nitrogen and oxygen atoms in total. The second-order valence-electron chi connectivity index (χ2n) is 5.28. The standard InChI is InChI=1S/C14H21N3O2/c1-2-8-18-12-5-7-15-14(17-12)16-11-6-9-19-13(11)10-3-4-10/h5,7,10-11,13H,2-4,6,8-9H2,1H3,(H,15,16,17). The van der Waals surface area contributed by atoms with Gasteiger partial charge in [-0.05, 0) is 31.6 Å². The molecule has 2 aliphatic rings. The molecule has 1 saturated heterocycles. The Balaban J connectivity index is 1.62. The maximum absolute atomic E-state index is 5.81. The number of ether oxygens (including phenoxy) is 2. The second-order valence-corrected chi connectivity index (χ2v) is 5.28. The van der Waals surface area contributed by atoms with Gasteiger partial charge in [-0.1, -0.05) is 6.92 Å². The van der Waals surface area contributed by atoms with E-state index in [1.54, 1.807) is 12.3 Å². The van der Waals surface area contributed by atoms with Crippen molar-refractivity contribution >= 4 is 5.95 Å². The van der Waals surface area contributed by atoms with E-state index < -0.39 is 0 Å². The zero-order chi connectivity index (χ0) is 13.1. The lowest BCUT2D eigenvalue weighted by atomic mass is 10.1. The van der Waals surface area contributed by atoms with Gasteiger partial charge in [-0.2, -0.15) is 4.98 Å². The third-order valence-corrected chi connectivity index (χ3v) is 3.62. The Hall–Kier alpha value is -1.36. The molecule has 2 heterocycles. The number of hydrogen-bond donors (Lipinski definition) is 1. The third kappa shape index (κ3) is 3.15. The van der Waals surface area contributed by atoms with Crippen LogP contribution in [0.2, 0.25) is 0 Å². The average molecular weight is 263 g/mol. The first kappa shape index (κ1) is 12.7. The van der Waals surface area contributed by atoms with Crippen molar-refractivity contribution in [3.8, 4) is 5.88 Å². The first-order valence-corrected chi connectivity index (χ1v) is 7.21. The Morgan fingerprint density at radius 2 is 2.32 bits per heavy atom. The number of aromatic nitrogens is 2. The van der Waals surface area contributed by atoms with E-state index in [-0.39, 0.29) is 0 Å². The zero-order valence-corrected chi connectivity index (χ0v) is 11.3. The van der Waals surface area contributed by atoms with E-state index in [0.717, 1.165) is 25.4 Å². The van der Waals surface area contributed by atoms with Gasteiger partial charge in [0.05, 0.1) is 18.8 Å². The van der Waals surface area contributed by atoms with Gasteiger partial charge < -0.3 is 14.8 Å². The molecule has 0 amide bonds. The van der Waals surface area contributed by atoms with Crippen molar-refractivity contribution in [2.75, 3.05) is 18.5 Å². The molecule has 2 unspecified atom stereocenters. The maximum atomic E-state index is 5.81. The molecule has 0 radical (unpaired) electrons. The van der Waals surface area contributed by atoms with Crippen LogP contribution in [0.5, 0.6) is 5.88 Å². The summed E-state index contributed by atoms with van der Waals surface area (Å²) in [4.78, 5) is 8.66. The lowest BCUT2D eigenvalue weighted by Crippen LogP contribution is -2.31. The molecule has 3 rings (SSSR count). The van der Waals surface area contributed by atoms with Crippen LogP contribution in [-0.2, 0) is 4.74 Å². The van der Waals surface area contributed by atoms with Crippen LogP contribution in [0.1, 0.15) is 32.6 Å². The molecule has 104 valence electrons. The SMILES string of the molecule is CCCOc1ccnc(NC2CCOC2C2CC2)n1. The van der Waals surface area contributed by atoms with Crippen LogP contribution in [-0.4, -0.2) is 35.3 Å². The number of anilines is 1. The molecule has 2 fully saturated rings. The van der Waals surface area contributed by atoms with Gasteiger partial charge in [-0.25, -0.2) is 4.98 Å². The van der Waals surface area contributed by atoms with Crippen LogP contribution in [0.25, 0.3) is 0 Å². The molecule has 2 atom stereocenters. The molecule has 0 spiro atoms. The van der Waals surface area contributed by atoms with Gasteiger partial charge in [0.2, 0.25) is 11.8 Å². The molecule has 5 heteroatoms. The third-order valence-electron chi connectivity index (χ3n) is 3.62. The molecule has 1 aromatic heterocycles. The summed E-state index contributed by atoms with van der Waals surface area (Å²) in [6, 6.07) is 2.14. The normalized spacial score (nSPS) is 26.4. The quantitative estimate of drug-likeness (QED) is 0.853. The summed E-state index contributed by atoms with van der Waals surface area (Å²) in [7, 11) is 0. The van der Waals surface area contributed by atoms with Gasteiger partial charge in [0, 0.05) is 18.9 Å². The van der Waals surface area contributed by atoms with E-state index in [0.29, 0.717) is 30.6 Å². The summed E-state index contributed by atoms with van der Waals surface area (Å²) in [6.07, 6.45) is 6.68. The van der Waals surface area contributed by atoms with Gasteiger partial charge in [0.15, 0.2) is 0 Å². The highest BCUT2D eigenvalue weighted by atomic mass is 16.5. The first-order valence-electron chi connectivity index (χ1n) is 7.21. The maximum Gasteiger partial charge on any atom is 0.226 e. The fraction of sp³-hybridized carbons (Fsp3) is 0.714. The van der Waals surface area contributed by atoms with Crippen molar-refractivity contribution in [3.05, 3.63) is 12.3 Å². The summed E-state index contributed by atoms with van der Waals surface area (Å²) in [5.74, 6) is 2.02. The van der Waals surface area contributed by atoms with Crippen molar-refractivity contribution in [3.63, 3.8) is 0 Å². The van der Waals surface area contributed by atoms with E-state index in [4.69, 9.17) is 9.47 Å². The number of rotatable bonds is 6. The Morgan fingerprint density at radius 1 is 1.42 bits per heavy atom. The molecular weight excluding hydrogens is 242 g/mol. The molecule has 0 bridgehead atoms. The number of nitrogens with zero attached hydrogens (tertiary/aromatic N) is 2. The number of nitrogens with one attached hydrogen (secondary N) is 1. The fourth-order valence-corrected chi connectivity index (χ4v) is 2.52. The first-order chi connectivity index (χ1) is 9.36. The van der Waals surface area contributed by atoms with E-state index in [2.05, 4.69) is 22.2 Å². The van der Waals surface area contributed by atoms with Crippen LogP contribution in [0.4, 0.5) is 5.95 Å². The summed E-state index contributed by atoms with van der Waals surface area (Å²) >= 11 is 0. The molecule has 1 aliphatic carbocycles. The average Bonchev–Trinajstić information content (AvgIpc) is 3.18. The highest BCUT2D eigenvalue weighted by Gasteiger charge is 2.40. The van der Waals surface area contributed by atoms with Crippen LogP contribution in [0.15, 0.2) is 12.3 Å². The Morgan fingerprint density at radius 3 is 3.11 bits per heavy atom. The van der Waals surface area contributed by atoms with Gasteiger partial charge in [0.1, 0.15) is 0 Å². The molecule has 19 heavy (non-hydrogen) atoms. The molecule has 0 aromatic carbocycles. The Labute approximate surface area is 113 Å². The Bertz CT molecular complexity index is 423. The van der Waals surface area contributed by atoms with E-state index in [1.807, 2.05) is 0 Å². The smallest absolute Gasteiger partial charge is 0.226 e. The molecule has 1 N–H and O–H groups in total. The van der Waals surface area contributed by atoms with E-state index in [1.165, 1.54) is 12.8 Å². The molecular formula is C14H21N3O2. The summed E-state index contributed by atoms with van der Waals surface area (Å²) in [6.45, 7) is 3.61. The highest BCUT2D eigenvalue weighted by molar-refractivity contribution is 5.30. The lowest BCUT2D eigenvalue weighted by molar-refractivity contribution is 0.0897. The molecule has 1 aliphatic heterocycles. The second kappa shape index (κ2) is 5.74. The zero-order valence-electron chi connectivity index (χ0n) is 11.3. The van der Waals surface area contributed by atoms with Gasteiger partial charge in [0.25, 0.3) is 0 Å². The molecule has 1 aromatic rings. The minimum Gasteiger partial charge on any atom is -0.478 e. The predicted octanol–water partition coefficient (Wildman–Crippen LogP) is 2.24. The molecule has 1 saturated carbocycles. The summed E-state index contributed by atoms with van der Waals surface area (Å²) in [5.41, 5.74) is 0. The summed E-state index contributed by atoms with van der Waals surface area (Å²) < 4.78 is 11.3. The van der Waals surface area contributed by atoms with Gasteiger partial charge in [-0.15, -0.1) is 0 Å². The van der Waals surface area contributed by atoms with Gasteiger partial charge >= 0.3 is 0 Å². The topological polar surface area (TPSA) is 56.3 Å². The lowest BCUT2D eigenvalue weighted by Gasteiger charge is -2.19. The predicted molar refractivity (Wildman–Crippen MR) is 72.3 cm³/mol. The summed E-state index contributed by atoms with van der Waals surface area (Å²) in [5, 5.41) is 3.40. The largest absolute Gasteiger partial charge is 0.478 e. The Kier molecular flexibility index (Phi) is 3.82. The van der Waals surface area contributed by atoms with Crippen LogP contribution in [0.3, 0.4) is 0 Å². The highest BCUT2D eigenvalue weighted by Crippen LogP contribution is 2.39. The van der Waals surface area contributed by atoms with E-state index >= 15 is 0 Å². The van der Waals surface area contributed by atoms with Crippen molar-refractivity contribution in [1.82, 2.24) is 9.97 Å². The van der Waals surface area contributed by atoms with E-state index in [9.17, 15) is 0 Å². The minimum atomic E-state index is 0.337. The van der Waals surface area contributed by atoms with Crippen LogP contribution in [0, 0.1) is 5.92 Å². The van der Waals surface area contributed by atoms with Crippen LogP contribution < -0.4 is 10.1 Å². The van der Waals surface area contributed by atoms with Crippen molar-refractivity contribution < 1.29 is 9.47 Å². The van der Waals surface area contributed by atoms with Crippen molar-refractivity contribution in [1.29, 1.82) is 0 Å².